The van der Waals surface area contributed by atoms with E-state index >= 15 is 0 Å². The number of nitrogens with one attached hydrogen (secondary N) is 1. The summed E-state index contributed by atoms with van der Waals surface area (Å²) in [6.07, 6.45) is 5.56. The molecule has 0 aliphatic carbocycles. The Labute approximate surface area is 61.0 Å². The molecular formula is C6H10ClNO. The highest BCUT2D eigenvalue weighted by Gasteiger charge is 1.90. The van der Waals surface area contributed by atoms with E-state index in [2.05, 4.69) is 5.32 Å². The van der Waals surface area contributed by atoms with E-state index < -0.39 is 0 Å². The minimum atomic E-state index is 0. The van der Waals surface area contributed by atoms with Crippen LogP contribution >= 0.6 is 12.4 Å². The number of ether oxygens (including phenoxy) is 1. The third-order valence-corrected chi connectivity index (χ3v) is 1.03. The molecule has 0 fully saturated rings. The minimum Gasteiger partial charge on any atom is -0.497 e. The van der Waals surface area contributed by atoms with Crippen molar-refractivity contribution in [3.05, 3.63) is 24.1 Å². The molecule has 0 amide bonds. The Bertz CT molecular complexity index is 131. The number of hydrogen-bond acceptors (Lipinski definition) is 2. The van der Waals surface area contributed by atoms with E-state index in [-0.39, 0.29) is 12.4 Å². The molecular weight excluding hydrogens is 138 g/mol. The van der Waals surface area contributed by atoms with Crippen LogP contribution in [0.15, 0.2) is 24.1 Å². The van der Waals surface area contributed by atoms with Crippen LogP contribution in [0.25, 0.3) is 0 Å². The SMILES string of the molecule is CNC1=CCOC=C1.Cl. The van der Waals surface area contributed by atoms with Crippen LogP contribution in [-0.4, -0.2) is 13.7 Å². The molecule has 3 heteroatoms. The third kappa shape index (κ3) is 2.42. The van der Waals surface area contributed by atoms with Crippen LogP contribution in [0.2, 0.25) is 0 Å². The maximum Gasteiger partial charge on any atom is 0.108 e. The van der Waals surface area contributed by atoms with Crippen molar-refractivity contribution in [3.8, 4) is 0 Å². The van der Waals surface area contributed by atoms with Gasteiger partial charge in [0.15, 0.2) is 0 Å². The zero-order chi connectivity index (χ0) is 5.82. The molecule has 0 aromatic rings. The lowest BCUT2D eigenvalue weighted by molar-refractivity contribution is 0.283. The zero-order valence-corrected chi connectivity index (χ0v) is 6.07. The molecule has 0 bridgehead atoms. The van der Waals surface area contributed by atoms with Crippen molar-refractivity contribution in [2.24, 2.45) is 0 Å². The van der Waals surface area contributed by atoms with Crippen LogP contribution in [0.5, 0.6) is 0 Å². The Hall–Kier alpha value is -0.630. The first-order valence-corrected chi connectivity index (χ1v) is 2.59. The van der Waals surface area contributed by atoms with Crippen molar-refractivity contribution in [2.75, 3.05) is 13.7 Å². The lowest BCUT2D eigenvalue weighted by atomic mass is 10.4. The zero-order valence-electron chi connectivity index (χ0n) is 5.26. The third-order valence-electron chi connectivity index (χ3n) is 1.03. The van der Waals surface area contributed by atoms with Crippen molar-refractivity contribution < 1.29 is 4.74 Å². The molecule has 0 saturated carbocycles. The molecule has 0 aromatic carbocycles. The topological polar surface area (TPSA) is 21.3 Å². The normalized spacial score (nSPS) is 15.0. The molecule has 0 saturated heterocycles. The molecule has 1 rings (SSSR count). The van der Waals surface area contributed by atoms with E-state index in [1.165, 1.54) is 0 Å². The molecule has 1 heterocycles. The van der Waals surface area contributed by atoms with Gasteiger partial charge in [-0.1, -0.05) is 0 Å². The summed E-state index contributed by atoms with van der Waals surface area (Å²) in [5, 5.41) is 3.00. The van der Waals surface area contributed by atoms with E-state index in [1.54, 1.807) is 6.26 Å². The summed E-state index contributed by atoms with van der Waals surface area (Å²) < 4.78 is 4.90. The van der Waals surface area contributed by atoms with E-state index in [0.29, 0.717) is 6.61 Å². The van der Waals surface area contributed by atoms with Gasteiger partial charge in [0.25, 0.3) is 0 Å². The summed E-state index contributed by atoms with van der Waals surface area (Å²) in [6.45, 7) is 0.687. The fourth-order valence-electron chi connectivity index (χ4n) is 0.568. The molecule has 2 nitrogen and oxygen atoms in total. The van der Waals surface area contributed by atoms with Crippen molar-refractivity contribution in [2.45, 2.75) is 0 Å². The fourth-order valence-corrected chi connectivity index (χ4v) is 0.568. The smallest absolute Gasteiger partial charge is 0.108 e. The van der Waals surface area contributed by atoms with E-state index in [9.17, 15) is 0 Å². The molecule has 0 atom stereocenters. The molecule has 0 radical (unpaired) electrons. The second kappa shape index (κ2) is 4.27. The first-order valence-electron chi connectivity index (χ1n) is 2.59. The predicted octanol–water partition coefficient (Wildman–Crippen LogP) is 1.06. The highest BCUT2D eigenvalue weighted by Crippen LogP contribution is 1.97. The molecule has 1 N–H and O–H groups in total. The van der Waals surface area contributed by atoms with Gasteiger partial charge >= 0.3 is 0 Å². The van der Waals surface area contributed by atoms with Crippen LogP contribution in [0.4, 0.5) is 0 Å². The van der Waals surface area contributed by atoms with Crippen LogP contribution in [-0.2, 0) is 4.74 Å². The lowest BCUT2D eigenvalue weighted by Crippen LogP contribution is -2.06. The number of allylic oxidation sites excluding steroid dienone is 1. The van der Waals surface area contributed by atoms with Crippen LogP contribution in [0, 0.1) is 0 Å². The Morgan fingerprint density at radius 2 is 2.44 bits per heavy atom. The van der Waals surface area contributed by atoms with Gasteiger partial charge in [-0.2, -0.15) is 0 Å². The van der Waals surface area contributed by atoms with Gasteiger partial charge in [0.2, 0.25) is 0 Å². The van der Waals surface area contributed by atoms with Gasteiger partial charge in [-0.25, -0.2) is 0 Å². The average molecular weight is 148 g/mol. The van der Waals surface area contributed by atoms with Gasteiger partial charge in [-0.3, -0.25) is 0 Å². The van der Waals surface area contributed by atoms with Crippen LogP contribution < -0.4 is 5.32 Å². The summed E-state index contributed by atoms with van der Waals surface area (Å²) >= 11 is 0. The van der Waals surface area contributed by atoms with E-state index in [1.807, 2.05) is 19.2 Å². The van der Waals surface area contributed by atoms with Crippen LogP contribution in [0.1, 0.15) is 0 Å². The second-order valence-electron chi connectivity index (χ2n) is 1.55. The number of rotatable bonds is 1. The molecule has 0 spiro atoms. The Morgan fingerprint density at radius 1 is 1.67 bits per heavy atom. The van der Waals surface area contributed by atoms with Crippen molar-refractivity contribution >= 4 is 12.4 Å². The van der Waals surface area contributed by atoms with E-state index in [4.69, 9.17) is 4.74 Å². The highest BCUT2D eigenvalue weighted by atomic mass is 35.5. The van der Waals surface area contributed by atoms with Gasteiger partial charge in [0.1, 0.15) is 6.61 Å². The monoisotopic (exact) mass is 147 g/mol. The van der Waals surface area contributed by atoms with Crippen molar-refractivity contribution in [1.29, 1.82) is 0 Å². The molecule has 1 aliphatic rings. The van der Waals surface area contributed by atoms with Gasteiger partial charge in [0.05, 0.1) is 6.26 Å². The molecule has 0 aromatic heterocycles. The number of hydrogen-bond donors (Lipinski definition) is 1. The maximum absolute atomic E-state index is 4.90. The summed E-state index contributed by atoms with van der Waals surface area (Å²) in [6, 6.07) is 0. The van der Waals surface area contributed by atoms with Crippen molar-refractivity contribution in [1.82, 2.24) is 5.32 Å². The number of likely N-dealkylation sites (N-methyl/N-ethyl adjacent to an activating group) is 1. The quantitative estimate of drug-likeness (QED) is 0.599. The fraction of sp³-hybridized carbons (Fsp3) is 0.333. The summed E-state index contributed by atoms with van der Waals surface area (Å²) in [7, 11) is 1.89. The standard InChI is InChI=1S/C6H9NO.ClH/c1-7-6-2-4-8-5-3-6;/h2-4,7H,5H2,1H3;1H. The Morgan fingerprint density at radius 3 is 2.78 bits per heavy atom. The predicted molar refractivity (Wildman–Crippen MR) is 39.5 cm³/mol. The largest absolute Gasteiger partial charge is 0.497 e. The first-order chi connectivity index (χ1) is 3.93. The van der Waals surface area contributed by atoms with Gasteiger partial charge in [-0.15, -0.1) is 12.4 Å². The lowest BCUT2D eigenvalue weighted by Gasteiger charge is -2.05. The van der Waals surface area contributed by atoms with Crippen molar-refractivity contribution in [3.63, 3.8) is 0 Å². The second-order valence-corrected chi connectivity index (χ2v) is 1.55. The highest BCUT2D eigenvalue weighted by molar-refractivity contribution is 5.85. The Kier molecular flexibility index (Phi) is 3.97. The molecule has 1 aliphatic heterocycles. The summed E-state index contributed by atoms with van der Waals surface area (Å²) in [5.41, 5.74) is 1.12. The molecule has 52 valence electrons. The average Bonchev–Trinajstić information content (AvgIpc) is 1.90. The minimum absolute atomic E-state index is 0. The van der Waals surface area contributed by atoms with Gasteiger partial charge < -0.3 is 10.1 Å². The van der Waals surface area contributed by atoms with E-state index in [0.717, 1.165) is 5.70 Å². The Balaban J connectivity index is 0.000000640. The van der Waals surface area contributed by atoms with Crippen LogP contribution in [0.3, 0.4) is 0 Å². The molecule has 0 unspecified atom stereocenters. The first kappa shape index (κ1) is 8.37. The summed E-state index contributed by atoms with van der Waals surface area (Å²) in [4.78, 5) is 0. The molecule has 9 heavy (non-hydrogen) atoms. The maximum atomic E-state index is 4.90. The van der Waals surface area contributed by atoms with Gasteiger partial charge in [0, 0.05) is 12.7 Å². The number of halogens is 1. The van der Waals surface area contributed by atoms with Gasteiger partial charge in [-0.05, 0) is 12.2 Å². The summed E-state index contributed by atoms with van der Waals surface area (Å²) in [5.74, 6) is 0.